The van der Waals surface area contributed by atoms with Crippen molar-refractivity contribution in [3.8, 4) is 0 Å². The fourth-order valence-corrected chi connectivity index (χ4v) is 3.12. The SMILES string of the molecule is CC(NC(=O)NC1CCCCC1)c1nc(C(=O)O)cs1. The van der Waals surface area contributed by atoms with Crippen LogP contribution in [-0.2, 0) is 0 Å². The number of carboxylic acids is 1. The van der Waals surface area contributed by atoms with Crippen molar-refractivity contribution >= 4 is 23.3 Å². The quantitative estimate of drug-likeness (QED) is 0.796. The van der Waals surface area contributed by atoms with E-state index >= 15 is 0 Å². The zero-order chi connectivity index (χ0) is 14.5. The largest absolute Gasteiger partial charge is 0.476 e. The maximum Gasteiger partial charge on any atom is 0.355 e. The van der Waals surface area contributed by atoms with Gasteiger partial charge in [-0.05, 0) is 19.8 Å². The standard InChI is InChI=1S/C13H19N3O3S/c1-8(11-16-10(7-20-11)12(17)18)14-13(19)15-9-5-3-2-4-6-9/h7-9H,2-6H2,1H3,(H,17,18)(H2,14,15,19). The Morgan fingerprint density at radius 3 is 2.70 bits per heavy atom. The van der Waals surface area contributed by atoms with Gasteiger partial charge in [-0.2, -0.15) is 0 Å². The minimum Gasteiger partial charge on any atom is -0.476 e. The van der Waals surface area contributed by atoms with Crippen molar-refractivity contribution < 1.29 is 14.7 Å². The lowest BCUT2D eigenvalue weighted by molar-refractivity contribution is 0.0691. The number of aromatic carboxylic acids is 1. The van der Waals surface area contributed by atoms with Crippen LogP contribution < -0.4 is 10.6 Å². The number of rotatable bonds is 4. The zero-order valence-corrected chi connectivity index (χ0v) is 12.2. The maximum absolute atomic E-state index is 11.9. The van der Waals surface area contributed by atoms with Crippen molar-refractivity contribution in [1.29, 1.82) is 0 Å². The molecule has 3 N–H and O–H groups in total. The van der Waals surface area contributed by atoms with Gasteiger partial charge in [0.25, 0.3) is 0 Å². The number of carbonyl (C=O) groups excluding carboxylic acids is 1. The summed E-state index contributed by atoms with van der Waals surface area (Å²) in [5.74, 6) is -1.05. The Bertz CT molecular complexity index is 483. The van der Waals surface area contributed by atoms with Crippen LogP contribution in [-0.4, -0.2) is 28.1 Å². The molecule has 0 aromatic carbocycles. The third-order valence-electron chi connectivity index (χ3n) is 3.40. The van der Waals surface area contributed by atoms with Crippen LogP contribution in [0.3, 0.4) is 0 Å². The van der Waals surface area contributed by atoms with E-state index in [4.69, 9.17) is 5.11 Å². The molecule has 2 rings (SSSR count). The van der Waals surface area contributed by atoms with Gasteiger partial charge in [0, 0.05) is 11.4 Å². The van der Waals surface area contributed by atoms with Gasteiger partial charge in [0.2, 0.25) is 0 Å². The molecule has 1 unspecified atom stereocenters. The number of urea groups is 1. The second-order valence-corrected chi connectivity index (χ2v) is 5.94. The molecule has 7 heteroatoms. The lowest BCUT2D eigenvalue weighted by Crippen LogP contribution is -2.43. The summed E-state index contributed by atoms with van der Waals surface area (Å²) in [7, 11) is 0. The molecule has 0 radical (unpaired) electrons. The Balaban J connectivity index is 1.84. The first-order valence-electron chi connectivity index (χ1n) is 6.82. The molecule has 1 atom stereocenters. The predicted molar refractivity (Wildman–Crippen MR) is 76.0 cm³/mol. The number of amides is 2. The molecule has 1 aliphatic rings. The van der Waals surface area contributed by atoms with E-state index in [0.29, 0.717) is 5.01 Å². The van der Waals surface area contributed by atoms with Crippen LogP contribution in [0.5, 0.6) is 0 Å². The van der Waals surface area contributed by atoms with E-state index in [1.165, 1.54) is 23.1 Å². The van der Waals surface area contributed by atoms with Gasteiger partial charge in [0.1, 0.15) is 5.01 Å². The van der Waals surface area contributed by atoms with E-state index < -0.39 is 5.97 Å². The van der Waals surface area contributed by atoms with Crippen LogP contribution in [0.4, 0.5) is 4.79 Å². The number of carboxylic acid groups (broad SMARTS) is 1. The summed E-state index contributed by atoms with van der Waals surface area (Å²) in [5.41, 5.74) is 0.0198. The van der Waals surface area contributed by atoms with Crippen molar-refractivity contribution in [2.75, 3.05) is 0 Å². The van der Waals surface area contributed by atoms with E-state index in [2.05, 4.69) is 15.6 Å². The van der Waals surface area contributed by atoms with Crippen molar-refractivity contribution in [3.05, 3.63) is 16.1 Å². The smallest absolute Gasteiger partial charge is 0.355 e. The summed E-state index contributed by atoms with van der Waals surface area (Å²) < 4.78 is 0. The Hall–Kier alpha value is -1.63. The monoisotopic (exact) mass is 297 g/mol. The van der Waals surface area contributed by atoms with Gasteiger partial charge >= 0.3 is 12.0 Å². The van der Waals surface area contributed by atoms with Crippen LogP contribution in [0.25, 0.3) is 0 Å². The number of thiazole rings is 1. The molecule has 1 aliphatic carbocycles. The van der Waals surface area contributed by atoms with Crippen molar-refractivity contribution in [2.45, 2.75) is 51.1 Å². The molecule has 110 valence electrons. The number of hydrogen-bond acceptors (Lipinski definition) is 4. The third kappa shape index (κ3) is 3.93. The molecule has 0 spiro atoms. The van der Waals surface area contributed by atoms with Gasteiger partial charge in [-0.15, -0.1) is 11.3 Å². The second kappa shape index (κ2) is 6.69. The molecule has 1 fully saturated rings. The first kappa shape index (κ1) is 14.8. The highest BCUT2D eigenvalue weighted by atomic mass is 32.1. The fourth-order valence-electron chi connectivity index (χ4n) is 2.32. The minimum atomic E-state index is -1.05. The summed E-state index contributed by atoms with van der Waals surface area (Å²) in [6.07, 6.45) is 5.63. The molecule has 1 saturated carbocycles. The molecule has 1 heterocycles. The molecule has 1 aromatic heterocycles. The third-order valence-corrected chi connectivity index (χ3v) is 4.43. The normalized spacial score (nSPS) is 17.4. The Morgan fingerprint density at radius 2 is 2.10 bits per heavy atom. The Labute approximate surface area is 121 Å². The number of nitrogens with zero attached hydrogens (tertiary/aromatic N) is 1. The average molecular weight is 297 g/mol. The van der Waals surface area contributed by atoms with Crippen molar-refractivity contribution in [3.63, 3.8) is 0 Å². The van der Waals surface area contributed by atoms with Gasteiger partial charge in [-0.3, -0.25) is 0 Å². The highest BCUT2D eigenvalue weighted by Crippen LogP contribution is 2.19. The second-order valence-electron chi connectivity index (χ2n) is 5.05. The first-order valence-corrected chi connectivity index (χ1v) is 7.70. The first-order chi connectivity index (χ1) is 9.56. The highest BCUT2D eigenvalue weighted by Gasteiger charge is 2.19. The summed E-state index contributed by atoms with van der Waals surface area (Å²) in [5, 5.41) is 16.7. The van der Waals surface area contributed by atoms with Gasteiger partial charge < -0.3 is 15.7 Å². The number of hydrogen-bond donors (Lipinski definition) is 3. The molecule has 1 aromatic rings. The van der Waals surface area contributed by atoms with Crippen molar-refractivity contribution in [1.82, 2.24) is 15.6 Å². The molecular weight excluding hydrogens is 278 g/mol. The Kier molecular flexibility index (Phi) is 4.94. The molecule has 0 aliphatic heterocycles. The lowest BCUT2D eigenvalue weighted by atomic mass is 9.96. The summed E-state index contributed by atoms with van der Waals surface area (Å²) >= 11 is 1.24. The van der Waals surface area contributed by atoms with Crippen molar-refractivity contribution in [2.24, 2.45) is 0 Å². The summed E-state index contributed by atoms with van der Waals surface area (Å²) in [6.45, 7) is 1.80. The fraction of sp³-hybridized carbons (Fsp3) is 0.615. The molecule has 20 heavy (non-hydrogen) atoms. The summed E-state index contributed by atoms with van der Waals surface area (Å²) in [4.78, 5) is 26.6. The number of aromatic nitrogens is 1. The van der Waals surface area contributed by atoms with Gasteiger partial charge in [0.05, 0.1) is 6.04 Å². The van der Waals surface area contributed by atoms with Crippen LogP contribution in [0.15, 0.2) is 5.38 Å². The highest BCUT2D eigenvalue weighted by molar-refractivity contribution is 7.09. The van der Waals surface area contributed by atoms with Crippen LogP contribution in [0.1, 0.15) is 60.6 Å². The van der Waals surface area contributed by atoms with Crippen LogP contribution >= 0.6 is 11.3 Å². The van der Waals surface area contributed by atoms with E-state index in [9.17, 15) is 9.59 Å². The van der Waals surface area contributed by atoms with E-state index in [0.717, 1.165) is 25.7 Å². The molecule has 6 nitrogen and oxygen atoms in total. The van der Waals surface area contributed by atoms with E-state index in [1.54, 1.807) is 6.92 Å². The van der Waals surface area contributed by atoms with Crippen LogP contribution in [0, 0.1) is 0 Å². The molecule has 2 amide bonds. The van der Waals surface area contributed by atoms with Crippen LogP contribution in [0.2, 0.25) is 0 Å². The number of nitrogens with one attached hydrogen (secondary N) is 2. The van der Waals surface area contributed by atoms with E-state index in [1.807, 2.05) is 0 Å². The lowest BCUT2D eigenvalue weighted by Gasteiger charge is -2.23. The summed E-state index contributed by atoms with van der Waals surface area (Å²) in [6, 6.07) is -0.255. The molecule has 0 bridgehead atoms. The molecule has 0 saturated heterocycles. The maximum atomic E-state index is 11.9. The average Bonchev–Trinajstić information content (AvgIpc) is 2.89. The molecular formula is C13H19N3O3S. The predicted octanol–water partition coefficient (Wildman–Crippen LogP) is 2.53. The minimum absolute atomic E-state index is 0.0198. The van der Waals surface area contributed by atoms with Gasteiger partial charge in [-0.25, -0.2) is 14.6 Å². The Morgan fingerprint density at radius 1 is 1.40 bits per heavy atom. The van der Waals surface area contributed by atoms with E-state index in [-0.39, 0.29) is 23.8 Å². The zero-order valence-electron chi connectivity index (χ0n) is 11.4. The number of carbonyl (C=O) groups is 2. The van der Waals surface area contributed by atoms with Gasteiger partial charge in [0.15, 0.2) is 5.69 Å². The topological polar surface area (TPSA) is 91.3 Å². The van der Waals surface area contributed by atoms with Gasteiger partial charge in [-0.1, -0.05) is 19.3 Å².